The Morgan fingerprint density at radius 1 is 1.31 bits per heavy atom. The number of carbonyl (C=O) groups is 1. The Morgan fingerprint density at radius 2 is 2.00 bits per heavy atom. The van der Waals surface area contributed by atoms with E-state index in [9.17, 15) is 19.3 Å². The first-order chi connectivity index (χ1) is 13.8. The second-order valence-electron chi connectivity index (χ2n) is 7.11. The van der Waals surface area contributed by atoms with Gasteiger partial charge in [0.2, 0.25) is 5.91 Å². The minimum absolute atomic E-state index is 0.0898. The minimum Gasteiger partial charge on any atom is -0.358 e. The van der Waals surface area contributed by atoms with Crippen LogP contribution in [0, 0.1) is 22.9 Å². The van der Waals surface area contributed by atoms with E-state index in [1.54, 1.807) is 17.9 Å². The van der Waals surface area contributed by atoms with E-state index in [4.69, 9.17) is 11.6 Å². The molecule has 8 nitrogen and oxygen atoms in total. The molecule has 3 rings (SSSR count). The summed E-state index contributed by atoms with van der Waals surface area (Å²) < 4.78 is 14.7. The van der Waals surface area contributed by atoms with Gasteiger partial charge in [-0.2, -0.15) is 4.68 Å². The molecule has 1 aliphatic heterocycles. The lowest BCUT2D eigenvalue weighted by atomic mass is 10.1. The van der Waals surface area contributed by atoms with Gasteiger partial charge in [0.05, 0.1) is 16.9 Å². The number of rotatable bonds is 6. The zero-order chi connectivity index (χ0) is 21.1. The number of hydrogen-bond donors (Lipinski definition) is 0. The number of piperazine rings is 1. The molecule has 2 heterocycles. The molecule has 1 saturated heterocycles. The Bertz CT molecular complexity index is 911. The maximum atomic E-state index is 13.2. The van der Waals surface area contributed by atoms with E-state index in [2.05, 4.69) is 10.00 Å². The molecule has 1 aromatic carbocycles. The Balaban J connectivity index is 1.63. The predicted octanol–water partition coefficient (Wildman–Crippen LogP) is 3.19. The van der Waals surface area contributed by atoms with Crippen LogP contribution in [0.5, 0.6) is 0 Å². The van der Waals surface area contributed by atoms with Crippen molar-refractivity contribution in [3.05, 3.63) is 56.5 Å². The molecule has 2 aromatic rings. The fraction of sp³-hybridized carbons (Fsp3) is 0.474. The van der Waals surface area contributed by atoms with Crippen molar-refractivity contribution in [2.45, 2.75) is 32.9 Å². The third-order valence-electron chi connectivity index (χ3n) is 5.16. The summed E-state index contributed by atoms with van der Waals surface area (Å²) in [5, 5.41) is 15.4. The van der Waals surface area contributed by atoms with E-state index in [1.165, 1.54) is 22.9 Å². The first-order valence-corrected chi connectivity index (χ1v) is 9.83. The average Bonchev–Trinajstić information content (AvgIpc) is 3.07. The summed E-state index contributed by atoms with van der Waals surface area (Å²) in [6, 6.07) is 5.17. The summed E-state index contributed by atoms with van der Waals surface area (Å²) in [6.45, 7) is 6.56. The molecule has 10 heteroatoms. The normalized spacial score (nSPS) is 16.1. The molecule has 1 aliphatic rings. The summed E-state index contributed by atoms with van der Waals surface area (Å²) in [6.07, 6.45) is 0.490. The van der Waals surface area contributed by atoms with E-state index >= 15 is 0 Å². The van der Waals surface area contributed by atoms with Gasteiger partial charge in [0, 0.05) is 37.7 Å². The van der Waals surface area contributed by atoms with Gasteiger partial charge in [0.15, 0.2) is 6.04 Å². The van der Waals surface area contributed by atoms with Crippen molar-refractivity contribution in [2.24, 2.45) is 0 Å². The van der Waals surface area contributed by atoms with Crippen LogP contribution in [0.4, 0.5) is 10.2 Å². The van der Waals surface area contributed by atoms with Crippen LogP contribution in [0.1, 0.15) is 30.6 Å². The molecular formula is C19H23ClFN5O3. The molecule has 1 aromatic heterocycles. The van der Waals surface area contributed by atoms with Gasteiger partial charge >= 0.3 is 5.82 Å². The highest BCUT2D eigenvalue weighted by Gasteiger charge is 2.32. The first-order valence-electron chi connectivity index (χ1n) is 9.45. The average molecular weight is 424 g/mol. The van der Waals surface area contributed by atoms with Crippen molar-refractivity contribution < 1.29 is 14.1 Å². The second-order valence-corrected chi connectivity index (χ2v) is 7.51. The summed E-state index contributed by atoms with van der Waals surface area (Å²) in [7, 11) is 0. The van der Waals surface area contributed by atoms with Crippen molar-refractivity contribution in [3.63, 3.8) is 0 Å². The number of aromatic nitrogens is 2. The minimum atomic E-state index is -0.568. The number of aryl methyl sites for hydroxylation is 1. The molecule has 0 radical (unpaired) electrons. The van der Waals surface area contributed by atoms with Gasteiger partial charge < -0.3 is 15.0 Å². The molecule has 1 atom stereocenters. The molecule has 0 saturated carbocycles. The number of benzene rings is 1. The molecule has 0 aliphatic carbocycles. The van der Waals surface area contributed by atoms with Crippen LogP contribution in [-0.2, 0) is 11.3 Å². The van der Waals surface area contributed by atoms with Crippen LogP contribution in [0.3, 0.4) is 0 Å². The lowest BCUT2D eigenvalue weighted by Crippen LogP contribution is -2.50. The van der Waals surface area contributed by atoms with Crippen LogP contribution >= 0.6 is 11.6 Å². The monoisotopic (exact) mass is 423 g/mol. The Kier molecular flexibility index (Phi) is 6.49. The second kappa shape index (κ2) is 8.87. The first kappa shape index (κ1) is 21.2. The smallest absolute Gasteiger partial charge is 0.358 e. The highest BCUT2D eigenvalue weighted by atomic mass is 35.5. The van der Waals surface area contributed by atoms with Crippen molar-refractivity contribution in [2.75, 3.05) is 26.2 Å². The van der Waals surface area contributed by atoms with Gasteiger partial charge in [-0.1, -0.05) is 24.6 Å². The van der Waals surface area contributed by atoms with Gasteiger partial charge in [-0.3, -0.25) is 9.69 Å². The Labute approximate surface area is 173 Å². The molecular weight excluding hydrogens is 401 g/mol. The maximum absolute atomic E-state index is 13.2. The van der Waals surface area contributed by atoms with Crippen molar-refractivity contribution in [3.8, 4) is 0 Å². The molecule has 1 fully saturated rings. The van der Waals surface area contributed by atoms with Crippen molar-refractivity contribution >= 4 is 23.3 Å². The van der Waals surface area contributed by atoms with Crippen molar-refractivity contribution in [1.29, 1.82) is 0 Å². The van der Waals surface area contributed by atoms with Crippen molar-refractivity contribution in [1.82, 2.24) is 19.6 Å². The third-order valence-corrected chi connectivity index (χ3v) is 5.51. The molecule has 0 spiro atoms. The summed E-state index contributed by atoms with van der Waals surface area (Å²) in [5.41, 5.74) is 1.43. The van der Waals surface area contributed by atoms with Gasteiger partial charge in [-0.25, -0.2) is 4.39 Å². The SMILES string of the molecule is CCC(C(=O)N1CCN(Cc2ccc(F)cc2Cl)CC1)n1nc([N+](=O)[O-])cc1C. The number of carbonyl (C=O) groups excluding carboxylic acids is 1. The number of nitrogens with zero attached hydrogens (tertiary/aromatic N) is 5. The van der Waals surface area contributed by atoms with Gasteiger partial charge in [0.25, 0.3) is 0 Å². The third kappa shape index (κ3) is 4.73. The quantitative estimate of drug-likeness (QED) is 0.526. The zero-order valence-corrected chi connectivity index (χ0v) is 17.1. The van der Waals surface area contributed by atoms with Crippen LogP contribution < -0.4 is 0 Å². The standard InChI is InChI=1S/C19H23ClFN5O3/c1-3-17(25-13(2)10-18(22-25)26(28)29)19(27)24-8-6-23(7-9-24)12-14-4-5-15(21)11-16(14)20/h4-5,10-11,17H,3,6-9,12H2,1-2H3. The van der Waals surface area contributed by atoms with Crippen LogP contribution in [0.15, 0.2) is 24.3 Å². The molecule has 1 amide bonds. The van der Waals surface area contributed by atoms with Gasteiger partial charge in [-0.05, 0) is 36.0 Å². The summed E-state index contributed by atoms with van der Waals surface area (Å²) in [4.78, 5) is 27.4. The zero-order valence-electron chi connectivity index (χ0n) is 16.3. The molecule has 29 heavy (non-hydrogen) atoms. The number of nitro groups is 1. The van der Waals surface area contributed by atoms with E-state index < -0.39 is 11.0 Å². The van der Waals surface area contributed by atoms with E-state index in [1.807, 2.05) is 6.92 Å². The maximum Gasteiger partial charge on any atom is 0.390 e. The van der Waals surface area contributed by atoms with E-state index in [-0.39, 0.29) is 17.5 Å². The van der Waals surface area contributed by atoms with Gasteiger partial charge in [0.1, 0.15) is 5.82 Å². The lowest BCUT2D eigenvalue weighted by molar-refractivity contribution is -0.389. The lowest BCUT2D eigenvalue weighted by Gasteiger charge is -2.36. The summed E-state index contributed by atoms with van der Waals surface area (Å²) in [5.74, 6) is -0.711. The van der Waals surface area contributed by atoms with E-state index in [0.717, 1.165) is 5.56 Å². The predicted molar refractivity (Wildman–Crippen MR) is 106 cm³/mol. The van der Waals surface area contributed by atoms with E-state index in [0.29, 0.717) is 49.9 Å². The highest BCUT2D eigenvalue weighted by molar-refractivity contribution is 6.31. The molecule has 156 valence electrons. The van der Waals surface area contributed by atoms with Gasteiger partial charge in [-0.15, -0.1) is 0 Å². The molecule has 0 bridgehead atoms. The Hall–Kier alpha value is -2.52. The number of hydrogen-bond acceptors (Lipinski definition) is 5. The molecule has 0 N–H and O–H groups in total. The Morgan fingerprint density at radius 3 is 2.55 bits per heavy atom. The number of halogens is 2. The van der Waals surface area contributed by atoms with Crippen LogP contribution in [-0.4, -0.2) is 56.6 Å². The number of amides is 1. The largest absolute Gasteiger partial charge is 0.390 e. The molecule has 1 unspecified atom stereocenters. The summed E-state index contributed by atoms with van der Waals surface area (Å²) >= 11 is 6.11. The fourth-order valence-electron chi connectivity index (χ4n) is 3.56. The van der Waals surface area contributed by atoms with Crippen LogP contribution in [0.2, 0.25) is 5.02 Å². The highest BCUT2D eigenvalue weighted by Crippen LogP contribution is 2.23. The topological polar surface area (TPSA) is 84.5 Å². The van der Waals surface area contributed by atoms with Crippen LogP contribution in [0.25, 0.3) is 0 Å². The fourth-order valence-corrected chi connectivity index (χ4v) is 3.78.